The fourth-order valence-electron chi connectivity index (χ4n) is 1.20. The van der Waals surface area contributed by atoms with Gasteiger partial charge in [0, 0.05) is 55.9 Å². The molecular formula is C10H7BrKO. The van der Waals surface area contributed by atoms with E-state index in [4.69, 9.17) is 0 Å². The van der Waals surface area contributed by atoms with E-state index in [0.717, 1.165) is 15.2 Å². The van der Waals surface area contributed by atoms with E-state index in [2.05, 4.69) is 15.9 Å². The maximum atomic E-state index is 9.19. The molecule has 2 rings (SSSR count). The molecule has 0 aliphatic rings. The Balaban J connectivity index is 0.000000845. The topological polar surface area (TPSA) is 20.2 Å². The van der Waals surface area contributed by atoms with Crippen molar-refractivity contribution in [2.75, 3.05) is 0 Å². The Morgan fingerprint density at radius 2 is 1.54 bits per heavy atom. The number of hydrogen-bond acceptors (Lipinski definition) is 1. The molecular weight excluding hydrogens is 255 g/mol. The Bertz CT molecular complexity index is 387. The summed E-state index contributed by atoms with van der Waals surface area (Å²) in [7, 11) is 0. The van der Waals surface area contributed by atoms with Crippen LogP contribution in [0.5, 0.6) is 5.75 Å². The molecule has 61 valence electrons. The van der Waals surface area contributed by atoms with Gasteiger partial charge in [-0.05, 0) is 35.0 Å². The van der Waals surface area contributed by atoms with Gasteiger partial charge in [0.15, 0.2) is 0 Å². The molecule has 1 nitrogen and oxygen atoms in total. The summed E-state index contributed by atoms with van der Waals surface area (Å²) in [5.41, 5.74) is 0. The largest absolute Gasteiger partial charge is 0.508 e. The number of phenols is 1. The molecule has 0 unspecified atom stereocenters. The Labute approximate surface area is 128 Å². The first-order valence-electron chi connectivity index (χ1n) is 3.64. The molecule has 0 aliphatic carbocycles. The Kier molecular flexibility index (Phi) is 4.42. The second kappa shape index (κ2) is 4.91. The molecule has 0 aromatic heterocycles. The van der Waals surface area contributed by atoms with E-state index in [1.165, 1.54) is 0 Å². The van der Waals surface area contributed by atoms with Crippen molar-refractivity contribution in [1.29, 1.82) is 0 Å². The third-order valence-corrected chi connectivity index (χ3v) is 2.28. The molecule has 2 aromatic carbocycles. The molecule has 0 atom stereocenters. The number of fused-ring (bicyclic) bond motifs is 1. The summed E-state index contributed by atoms with van der Waals surface area (Å²) >= 11 is 3.39. The number of hydrogen-bond donors (Lipinski definition) is 1. The van der Waals surface area contributed by atoms with Crippen molar-refractivity contribution in [3.05, 3.63) is 40.9 Å². The first kappa shape index (κ1) is 11.7. The average Bonchev–Trinajstić information content (AvgIpc) is 2.05. The molecule has 2 aromatic rings. The van der Waals surface area contributed by atoms with E-state index in [1.807, 2.05) is 24.3 Å². The second-order valence-electron chi connectivity index (χ2n) is 2.68. The number of phenolic OH excluding ortho intramolecular Hbond substituents is 1. The normalized spacial score (nSPS) is 9.62. The summed E-state index contributed by atoms with van der Waals surface area (Å²) in [6.07, 6.45) is 0. The van der Waals surface area contributed by atoms with Crippen molar-refractivity contribution < 1.29 is 5.11 Å². The average molecular weight is 262 g/mol. The molecule has 13 heavy (non-hydrogen) atoms. The van der Waals surface area contributed by atoms with Crippen LogP contribution >= 0.6 is 15.9 Å². The zero-order chi connectivity index (χ0) is 8.55. The van der Waals surface area contributed by atoms with Crippen molar-refractivity contribution in [2.24, 2.45) is 0 Å². The van der Waals surface area contributed by atoms with Crippen LogP contribution in [0.25, 0.3) is 10.8 Å². The Morgan fingerprint density at radius 1 is 0.923 bits per heavy atom. The summed E-state index contributed by atoms with van der Waals surface area (Å²) in [5.74, 6) is 0.310. The molecule has 0 aliphatic heterocycles. The molecule has 0 spiro atoms. The standard InChI is InChI=1S/C10H7BrO.K/c11-9-3-1-8-6-10(12)4-2-7(8)5-9;/h1-6,12H;. The van der Waals surface area contributed by atoms with Gasteiger partial charge in [0.1, 0.15) is 5.75 Å². The molecule has 3 heteroatoms. The van der Waals surface area contributed by atoms with E-state index in [9.17, 15) is 5.11 Å². The van der Waals surface area contributed by atoms with Gasteiger partial charge in [-0.1, -0.05) is 28.1 Å². The predicted molar refractivity (Wildman–Crippen MR) is 59.1 cm³/mol. The second-order valence-corrected chi connectivity index (χ2v) is 3.59. The number of aromatic hydroxyl groups is 1. The van der Waals surface area contributed by atoms with Crippen LogP contribution < -0.4 is 0 Å². The van der Waals surface area contributed by atoms with Crippen LogP contribution in [0.3, 0.4) is 0 Å². The van der Waals surface area contributed by atoms with Crippen LogP contribution in [0.2, 0.25) is 0 Å². The van der Waals surface area contributed by atoms with Gasteiger partial charge in [-0.2, -0.15) is 0 Å². The summed E-state index contributed by atoms with van der Waals surface area (Å²) in [5, 5.41) is 11.4. The fraction of sp³-hybridized carbons (Fsp3) is 0. The minimum atomic E-state index is 0. The number of halogens is 1. The molecule has 0 heterocycles. The molecule has 0 saturated carbocycles. The molecule has 1 N–H and O–H groups in total. The van der Waals surface area contributed by atoms with Crippen LogP contribution in [-0.4, -0.2) is 56.5 Å². The third kappa shape index (κ3) is 2.78. The van der Waals surface area contributed by atoms with Gasteiger partial charge in [0.25, 0.3) is 0 Å². The van der Waals surface area contributed by atoms with Crippen molar-refractivity contribution in [1.82, 2.24) is 0 Å². The smallest absolute Gasteiger partial charge is 0.116 e. The Hall–Kier alpha value is 0.616. The van der Waals surface area contributed by atoms with Gasteiger partial charge in [0.2, 0.25) is 0 Å². The third-order valence-electron chi connectivity index (χ3n) is 1.79. The number of rotatable bonds is 0. The summed E-state index contributed by atoms with van der Waals surface area (Å²) in [4.78, 5) is 0. The van der Waals surface area contributed by atoms with Crippen LogP contribution in [-0.2, 0) is 0 Å². The van der Waals surface area contributed by atoms with Gasteiger partial charge >= 0.3 is 0 Å². The Morgan fingerprint density at radius 3 is 2.31 bits per heavy atom. The van der Waals surface area contributed by atoms with Crippen molar-refractivity contribution in [3.63, 3.8) is 0 Å². The maximum Gasteiger partial charge on any atom is 0.116 e. The monoisotopic (exact) mass is 261 g/mol. The fourth-order valence-corrected chi connectivity index (χ4v) is 1.58. The van der Waals surface area contributed by atoms with E-state index < -0.39 is 0 Å². The van der Waals surface area contributed by atoms with Crippen molar-refractivity contribution in [3.8, 4) is 5.75 Å². The number of benzene rings is 2. The van der Waals surface area contributed by atoms with E-state index >= 15 is 0 Å². The van der Waals surface area contributed by atoms with Gasteiger partial charge in [0.05, 0.1) is 0 Å². The zero-order valence-corrected chi connectivity index (χ0v) is 12.0. The minimum absolute atomic E-state index is 0. The minimum Gasteiger partial charge on any atom is -0.508 e. The van der Waals surface area contributed by atoms with Crippen molar-refractivity contribution in [2.45, 2.75) is 0 Å². The quantitative estimate of drug-likeness (QED) is 0.724. The van der Waals surface area contributed by atoms with E-state index in [0.29, 0.717) is 5.75 Å². The van der Waals surface area contributed by atoms with Crippen molar-refractivity contribution >= 4 is 78.1 Å². The van der Waals surface area contributed by atoms with Crippen LogP contribution in [0.15, 0.2) is 40.9 Å². The molecule has 1 radical (unpaired) electrons. The molecule has 0 bridgehead atoms. The SMILES string of the molecule is Oc1ccc2cc(Br)ccc2c1.[K]. The predicted octanol–water partition coefficient (Wildman–Crippen LogP) is 2.93. The molecule has 0 amide bonds. The van der Waals surface area contributed by atoms with Crippen LogP contribution in [0.4, 0.5) is 0 Å². The molecule has 0 fully saturated rings. The summed E-state index contributed by atoms with van der Waals surface area (Å²) in [6.45, 7) is 0. The van der Waals surface area contributed by atoms with Crippen LogP contribution in [0, 0.1) is 0 Å². The first-order chi connectivity index (χ1) is 5.75. The van der Waals surface area contributed by atoms with Gasteiger partial charge in [-0.3, -0.25) is 0 Å². The van der Waals surface area contributed by atoms with Gasteiger partial charge < -0.3 is 5.11 Å². The van der Waals surface area contributed by atoms with E-state index in [-0.39, 0.29) is 51.4 Å². The summed E-state index contributed by atoms with van der Waals surface area (Å²) < 4.78 is 1.06. The first-order valence-corrected chi connectivity index (χ1v) is 4.43. The van der Waals surface area contributed by atoms with Crippen LogP contribution in [0.1, 0.15) is 0 Å². The zero-order valence-electron chi connectivity index (χ0n) is 7.29. The summed E-state index contributed by atoms with van der Waals surface area (Å²) in [6, 6.07) is 11.3. The van der Waals surface area contributed by atoms with Gasteiger partial charge in [-0.15, -0.1) is 0 Å². The maximum absolute atomic E-state index is 9.19. The van der Waals surface area contributed by atoms with Gasteiger partial charge in [-0.25, -0.2) is 0 Å². The molecule has 0 saturated heterocycles. The van der Waals surface area contributed by atoms with E-state index in [1.54, 1.807) is 12.1 Å².